The summed E-state index contributed by atoms with van der Waals surface area (Å²) in [6, 6.07) is 6.62. The first-order chi connectivity index (χ1) is 13.6. The van der Waals surface area contributed by atoms with Gasteiger partial charge < -0.3 is 9.97 Å². The van der Waals surface area contributed by atoms with Gasteiger partial charge in [0.05, 0.1) is 29.0 Å². The number of hydrogen-bond donors (Lipinski definition) is 2. The second-order valence-corrected chi connectivity index (χ2v) is 7.31. The molecular formula is C20H22FN7. The van der Waals surface area contributed by atoms with Crippen molar-refractivity contribution in [2.75, 3.05) is 6.54 Å². The maximum absolute atomic E-state index is 13.4. The van der Waals surface area contributed by atoms with Crippen molar-refractivity contribution in [1.29, 1.82) is 0 Å². The summed E-state index contributed by atoms with van der Waals surface area (Å²) in [6.45, 7) is 7.58. The third-order valence-corrected chi connectivity index (χ3v) is 5.31. The molecule has 0 atom stereocenters. The number of nitrogens with one attached hydrogen (secondary N) is 2. The summed E-state index contributed by atoms with van der Waals surface area (Å²) in [7, 11) is 0. The van der Waals surface area contributed by atoms with E-state index in [-0.39, 0.29) is 5.82 Å². The zero-order valence-corrected chi connectivity index (χ0v) is 16.0. The topological polar surface area (TPSA) is 78.4 Å². The Labute approximate surface area is 161 Å². The number of aromatic nitrogens is 6. The van der Waals surface area contributed by atoms with Crippen LogP contribution in [0, 0.1) is 12.7 Å². The Morgan fingerprint density at radius 2 is 2.04 bits per heavy atom. The molecule has 0 fully saturated rings. The molecule has 0 saturated heterocycles. The van der Waals surface area contributed by atoms with Crippen molar-refractivity contribution in [3.63, 3.8) is 0 Å². The summed E-state index contributed by atoms with van der Waals surface area (Å²) in [4.78, 5) is 18.2. The number of aryl methyl sites for hydroxylation is 2. The third-order valence-electron chi connectivity index (χ3n) is 5.31. The molecule has 0 spiro atoms. The first-order valence-electron chi connectivity index (χ1n) is 9.58. The van der Waals surface area contributed by atoms with Crippen LogP contribution in [0.3, 0.4) is 0 Å². The minimum Gasteiger partial charge on any atom is -0.346 e. The average Bonchev–Trinajstić information content (AvgIpc) is 3.37. The van der Waals surface area contributed by atoms with Gasteiger partial charge in [-0.15, -0.1) is 0 Å². The second-order valence-electron chi connectivity index (χ2n) is 7.31. The fourth-order valence-corrected chi connectivity index (χ4v) is 3.77. The van der Waals surface area contributed by atoms with Gasteiger partial charge in [-0.05, 0) is 31.2 Å². The Balaban J connectivity index is 1.38. The van der Waals surface area contributed by atoms with Crippen LogP contribution >= 0.6 is 0 Å². The van der Waals surface area contributed by atoms with E-state index < -0.39 is 0 Å². The molecule has 144 valence electrons. The fraction of sp³-hybridized carbons (Fsp3) is 0.350. The van der Waals surface area contributed by atoms with E-state index in [9.17, 15) is 4.39 Å². The summed E-state index contributed by atoms with van der Waals surface area (Å²) in [5, 5.41) is 4.70. The van der Waals surface area contributed by atoms with Crippen molar-refractivity contribution in [2.24, 2.45) is 0 Å². The van der Waals surface area contributed by atoms with Gasteiger partial charge in [0.25, 0.3) is 0 Å². The highest BCUT2D eigenvalue weighted by Crippen LogP contribution is 2.24. The van der Waals surface area contributed by atoms with Crippen molar-refractivity contribution in [1.82, 2.24) is 34.6 Å². The SMILES string of the molecule is CCc1nc(CN2CCn3nc(-c4nc5ccc(F)cc5[nH]4)cc3C2)c(C)[nH]1. The van der Waals surface area contributed by atoms with Crippen LogP contribution in [0.1, 0.15) is 29.8 Å². The van der Waals surface area contributed by atoms with E-state index in [0.717, 1.165) is 66.7 Å². The molecule has 0 aliphatic carbocycles. The minimum absolute atomic E-state index is 0.276. The molecule has 0 unspecified atom stereocenters. The maximum Gasteiger partial charge on any atom is 0.159 e. The van der Waals surface area contributed by atoms with Gasteiger partial charge in [0.2, 0.25) is 0 Å². The van der Waals surface area contributed by atoms with Crippen LogP contribution < -0.4 is 0 Å². The summed E-state index contributed by atoms with van der Waals surface area (Å²) in [5.41, 5.74) is 5.62. The third kappa shape index (κ3) is 2.99. The van der Waals surface area contributed by atoms with Gasteiger partial charge in [-0.3, -0.25) is 9.58 Å². The zero-order valence-electron chi connectivity index (χ0n) is 16.0. The molecular weight excluding hydrogens is 357 g/mol. The molecule has 4 heterocycles. The number of rotatable bonds is 4. The summed E-state index contributed by atoms with van der Waals surface area (Å²) in [5.74, 6) is 1.44. The van der Waals surface area contributed by atoms with E-state index in [4.69, 9.17) is 10.1 Å². The van der Waals surface area contributed by atoms with Gasteiger partial charge in [-0.1, -0.05) is 6.92 Å². The van der Waals surface area contributed by atoms with E-state index in [1.54, 1.807) is 6.07 Å². The second kappa shape index (κ2) is 6.56. The number of hydrogen-bond acceptors (Lipinski definition) is 4. The van der Waals surface area contributed by atoms with Crippen LogP contribution in [0.5, 0.6) is 0 Å². The molecule has 7 nitrogen and oxygen atoms in total. The zero-order chi connectivity index (χ0) is 19.3. The number of imidazole rings is 2. The van der Waals surface area contributed by atoms with Gasteiger partial charge >= 0.3 is 0 Å². The number of H-pyrrole nitrogens is 2. The Kier molecular flexibility index (Phi) is 4.01. The van der Waals surface area contributed by atoms with Gasteiger partial charge in [0.1, 0.15) is 17.3 Å². The number of fused-ring (bicyclic) bond motifs is 2. The van der Waals surface area contributed by atoms with Crippen LogP contribution in [0.25, 0.3) is 22.6 Å². The Morgan fingerprint density at radius 3 is 2.86 bits per heavy atom. The Hall–Kier alpha value is -3.00. The maximum atomic E-state index is 13.4. The molecule has 1 aliphatic rings. The van der Waals surface area contributed by atoms with Gasteiger partial charge in [-0.25, -0.2) is 14.4 Å². The summed E-state index contributed by atoms with van der Waals surface area (Å²) >= 11 is 0. The first kappa shape index (κ1) is 17.1. The molecule has 0 saturated carbocycles. The number of aromatic amines is 2. The predicted molar refractivity (Wildman–Crippen MR) is 104 cm³/mol. The van der Waals surface area contributed by atoms with Crippen LogP contribution in [0.4, 0.5) is 4.39 Å². The molecule has 5 rings (SSSR count). The highest BCUT2D eigenvalue weighted by Gasteiger charge is 2.21. The van der Waals surface area contributed by atoms with E-state index in [1.165, 1.54) is 12.1 Å². The minimum atomic E-state index is -0.276. The lowest BCUT2D eigenvalue weighted by molar-refractivity contribution is 0.203. The van der Waals surface area contributed by atoms with Gasteiger partial charge in [-0.2, -0.15) is 5.10 Å². The molecule has 0 amide bonds. The van der Waals surface area contributed by atoms with Crippen molar-refractivity contribution in [3.8, 4) is 11.5 Å². The highest BCUT2D eigenvalue weighted by atomic mass is 19.1. The smallest absolute Gasteiger partial charge is 0.159 e. The fourth-order valence-electron chi connectivity index (χ4n) is 3.77. The van der Waals surface area contributed by atoms with Crippen LogP contribution in [0.2, 0.25) is 0 Å². The van der Waals surface area contributed by atoms with Crippen molar-refractivity contribution >= 4 is 11.0 Å². The van der Waals surface area contributed by atoms with E-state index in [0.29, 0.717) is 11.3 Å². The lowest BCUT2D eigenvalue weighted by atomic mass is 10.2. The molecule has 3 aromatic heterocycles. The molecule has 0 radical (unpaired) electrons. The lowest BCUT2D eigenvalue weighted by Gasteiger charge is -2.26. The monoisotopic (exact) mass is 379 g/mol. The van der Waals surface area contributed by atoms with Gasteiger partial charge in [0.15, 0.2) is 5.82 Å². The number of benzene rings is 1. The van der Waals surface area contributed by atoms with Crippen LogP contribution in [-0.2, 0) is 26.1 Å². The normalized spacial score (nSPS) is 14.7. The lowest BCUT2D eigenvalue weighted by Crippen LogP contribution is -2.33. The molecule has 1 aliphatic heterocycles. The molecule has 2 N–H and O–H groups in total. The first-order valence-corrected chi connectivity index (χ1v) is 9.58. The summed E-state index contributed by atoms with van der Waals surface area (Å²) in [6.07, 6.45) is 0.915. The number of nitrogens with zero attached hydrogens (tertiary/aromatic N) is 5. The number of halogens is 1. The van der Waals surface area contributed by atoms with Gasteiger partial charge in [0, 0.05) is 31.7 Å². The molecule has 0 bridgehead atoms. The van der Waals surface area contributed by atoms with Crippen LogP contribution in [-0.4, -0.2) is 41.2 Å². The summed E-state index contributed by atoms with van der Waals surface area (Å²) < 4.78 is 15.5. The molecule has 1 aromatic carbocycles. The van der Waals surface area contributed by atoms with Crippen molar-refractivity contribution in [3.05, 3.63) is 53.0 Å². The van der Waals surface area contributed by atoms with E-state index >= 15 is 0 Å². The molecule has 4 aromatic rings. The van der Waals surface area contributed by atoms with E-state index in [1.807, 2.05) is 4.68 Å². The average molecular weight is 379 g/mol. The van der Waals surface area contributed by atoms with Crippen molar-refractivity contribution in [2.45, 2.75) is 39.9 Å². The Morgan fingerprint density at radius 1 is 1.14 bits per heavy atom. The quantitative estimate of drug-likeness (QED) is 0.571. The van der Waals surface area contributed by atoms with E-state index in [2.05, 4.69) is 39.8 Å². The standard InChI is InChI=1S/C20H22FN7/c1-3-19-22-12(2)18(23-19)11-27-6-7-28-14(10-27)9-17(26-28)20-24-15-5-4-13(21)8-16(15)25-20/h4-5,8-9H,3,6-7,10-11H2,1-2H3,(H,22,23)(H,24,25). The van der Waals surface area contributed by atoms with Crippen LogP contribution in [0.15, 0.2) is 24.3 Å². The van der Waals surface area contributed by atoms with Crippen molar-refractivity contribution < 1.29 is 4.39 Å². The highest BCUT2D eigenvalue weighted by molar-refractivity contribution is 5.78. The molecule has 28 heavy (non-hydrogen) atoms. The largest absolute Gasteiger partial charge is 0.346 e. The predicted octanol–water partition coefficient (Wildman–Crippen LogP) is 3.18. The molecule has 8 heteroatoms. The Bertz CT molecular complexity index is 1150.